The summed E-state index contributed by atoms with van der Waals surface area (Å²) >= 11 is 6.02. The second-order valence-electron chi connectivity index (χ2n) is 8.07. The Labute approximate surface area is 184 Å². The van der Waals surface area contributed by atoms with Crippen molar-refractivity contribution in [2.24, 2.45) is 11.8 Å². The lowest BCUT2D eigenvalue weighted by Crippen LogP contribution is -2.35. The van der Waals surface area contributed by atoms with Gasteiger partial charge in [-0.1, -0.05) is 55.7 Å². The first-order chi connectivity index (χ1) is 14.5. The molecule has 1 saturated carbocycles. The Hall–Kier alpha value is -1.37. The Bertz CT molecular complexity index is 713. The van der Waals surface area contributed by atoms with Crippen molar-refractivity contribution < 1.29 is 24.4 Å². The molecular formula is C24H33ClO5. The molecule has 1 aromatic carbocycles. The van der Waals surface area contributed by atoms with Crippen LogP contribution >= 0.6 is 11.6 Å². The molecule has 166 valence electrons. The number of benzene rings is 1. The first-order valence-electron chi connectivity index (χ1n) is 10.9. The molecule has 4 atom stereocenters. The Morgan fingerprint density at radius 2 is 2.00 bits per heavy atom. The van der Waals surface area contributed by atoms with Gasteiger partial charge in [0.1, 0.15) is 12.4 Å². The third-order valence-electron chi connectivity index (χ3n) is 5.80. The van der Waals surface area contributed by atoms with Crippen molar-refractivity contribution in [3.8, 4) is 5.75 Å². The van der Waals surface area contributed by atoms with E-state index in [1.807, 2.05) is 24.3 Å². The number of allylic oxidation sites excluding steroid dienone is 2. The number of hydrogen-bond acceptors (Lipinski definition) is 5. The summed E-state index contributed by atoms with van der Waals surface area (Å²) in [6.07, 6.45) is 11.5. The van der Waals surface area contributed by atoms with Crippen molar-refractivity contribution in [2.75, 3.05) is 19.8 Å². The van der Waals surface area contributed by atoms with Crippen LogP contribution in [0.15, 0.2) is 48.6 Å². The van der Waals surface area contributed by atoms with Gasteiger partial charge in [-0.25, -0.2) is 0 Å². The van der Waals surface area contributed by atoms with E-state index in [4.69, 9.17) is 25.8 Å². The van der Waals surface area contributed by atoms with Gasteiger partial charge in [-0.15, -0.1) is 0 Å². The molecule has 3 rings (SSSR count). The molecule has 2 N–H and O–H groups in total. The zero-order valence-corrected chi connectivity index (χ0v) is 18.3. The predicted octanol–water partition coefficient (Wildman–Crippen LogP) is 4.51. The molecular weight excluding hydrogens is 404 g/mol. The summed E-state index contributed by atoms with van der Waals surface area (Å²) in [7, 11) is 0. The van der Waals surface area contributed by atoms with E-state index in [2.05, 4.69) is 19.1 Å². The molecule has 0 spiro atoms. The van der Waals surface area contributed by atoms with Crippen molar-refractivity contribution in [3.05, 3.63) is 53.6 Å². The van der Waals surface area contributed by atoms with Gasteiger partial charge in [0.15, 0.2) is 0 Å². The number of ether oxygens (including phenoxy) is 3. The van der Waals surface area contributed by atoms with Crippen LogP contribution in [0, 0.1) is 11.8 Å². The Morgan fingerprint density at radius 3 is 2.73 bits per heavy atom. The van der Waals surface area contributed by atoms with E-state index < -0.39 is 18.0 Å². The quantitative estimate of drug-likeness (QED) is 0.417. The molecule has 1 aliphatic heterocycles. The molecule has 0 bridgehead atoms. The number of aliphatic hydroxyl groups excluding tert-OH is 2. The molecule has 1 saturated heterocycles. The summed E-state index contributed by atoms with van der Waals surface area (Å²) < 4.78 is 17.6. The summed E-state index contributed by atoms with van der Waals surface area (Å²) in [5, 5.41) is 21.5. The lowest BCUT2D eigenvalue weighted by molar-refractivity contribution is -0.139. The monoisotopic (exact) mass is 436 g/mol. The molecule has 0 amide bonds. The fourth-order valence-electron chi connectivity index (χ4n) is 4.10. The van der Waals surface area contributed by atoms with E-state index in [0.29, 0.717) is 30.4 Å². The molecule has 5 nitrogen and oxygen atoms in total. The highest BCUT2D eigenvalue weighted by atomic mass is 35.5. The van der Waals surface area contributed by atoms with Crippen LogP contribution in [-0.4, -0.2) is 48.0 Å². The van der Waals surface area contributed by atoms with Gasteiger partial charge in [0.25, 0.3) is 0 Å². The second-order valence-corrected chi connectivity index (χ2v) is 8.51. The third kappa shape index (κ3) is 6.32. The van der Waals surface area contributed by atoms with Crippen LogP contribution in [0.25, 0.3) is 0 Å². The van der Waals surface area contributed by atoms with Crippen molar-refractivity contribution in [3.63, 3.8) is 0 Å². The Morgan fingerprint density at radius 1 is 1.20 bits per heavy atom. The first kappa shape index (κ1) is 23.3. The fourth-order valence-corrected chi connectivity index (χ4v) is 4.28. The zero-order chi connectivity index (χ0) is 21.4. The summed E-state index contributed by atoms with van der Waals surface area (Å²) in [6, 6.07) is 7.18. The predicted molar refractivity (Wildman–Crippen MR) is 118 cm³/mol. The van der Waals surface area contributed by atoms with E-state index in [1.165, 1.54) is 12.8 Å². The molecule has 1 heterocycles. The van der Waals surface area contributed by atoms with E-state index >= 15 is 0 Å². The van der Waals surface area contributed by atoms with Gasteiger partial charge in [0.05, 0.1) is 25.4 Å². The molecule has 0 aromatic heterocycles. The highest BCUT2D eigenvalue weighted by Gasteiger charge is 2.41. The molecule has 30 heavy (non-hydrogen) atoms. The third-order valence-corrected chi connectivity index (χ3v) is 6.03. The van der Waals surface area contributed by atoms with Crippen LogP contribution in [0.1, 0.15) is 39.0 Å². The topological polar surface area (TPSA) is 68.2 Å². The Balaban J connectivity index is 1.65. The lowest BCUT2D eigenvalue weighted by atomic mass is 9.89. The normalized spacial score (nSPS) is 28.7. The maximum atomic E-state index is 10.5. The van der Waals surface area contributed by atoms with Crippen molar-refractivity contribution in [1.29, 1.82) is 0 Å². The van der Waals surface area contributed by atoms with Crippen molar-refractivity contribution >= 4 is 11.6 Å². The minimum Gasteiger partial charge on any atom is -0.488 e. The lowest BCUT2D eigenvalue weighted by Gasteiger charge is -2.26. The molecule has 6 heteroatoms. The minimum atomic E-state index is -1.00. The number of rotatable bonds is 10. The standard InChI is InChI=1S/C24H33ClO5/c1-2-3-4-5-6-10-20-21(23(27)16-22(20)26)11-12-24(29-13-14-30-24)17-28-19-9-7-8-18(25)15-19/h5-9,11-12,15,20-23,26-27H,2-4,10,13-14,16-17H2,1H3/b6-5+,12-11+. The number of hydrogen-bond donors (Lipinski definition) is 2. The van der Waals surface area contributed by atoms with Gasteiger partial charge < -0.3 is 24.4 Å². The van der Waals surface area contributed by atoms with Gasteiger partial charge >= 0.3 is 0 Å². The molecule has 1 aromatic rings. The molecule has 4 unspecified atom stereocenters. The molecule has 1 aliphatic carbocycles. The van der Waals surface area contributed by atoms with Gasteiger partial charge in [-0.2, -0.15) is 0 Å². The molecule has 2 aliphatic rings. The van der Waals surface area contributed by atoms with Crippen LogP contribution in [0.4, 0.5) is 0 Å². The van der Waals surface area contributed by atoms with Crippen LogP contribution in [0.2, 0.25) is 5.02 Å². The highest BCUT2D eigenvalue weighted by Crippen LogP contribution is 2.37. The average molecular weight is 437 g/mol. The summed E-state index contributed by atoms with van der Waals surface area (Å²) in [6.45, 7) is 3.30. The van der Waals surface area contributed by atoms with Crippen molar-refractivity contribution in [1.82, 2.24) is 0 Å². The number of halogens is 1. The van der Waals surface area contributed by atoms with Crippen molar-refractivity contribution in [2.45, 2.75) is 57.0 Å². The van der Waals surface area contributed by atoms with Crippen LogP contribution < -0.4 is 4.74 Å². The maximum absolute atomic E-state index is 10.5. The average Bonchev–Trinajstić information content (AvgIpc) is 3.29. The van der Waals surface area contributed by atoms with Gasteiger partial charge in [0, 0.05) is 17.4 Å². The fraction of sp³-hybridized carbons (Fsp3) is 0.583. The summed E-state index contributed by atoms with van der Waals surface area (Å²) in [5.74, 6) is -0.550. The SMILES string of the molecule is CCCC/C=C/CC1C(O)CC(O)C1/C=C/C1(COc2cccc(Cl)c2)OCCO1. The van der Waals surface area contributed by atoms with E-state index in [-0.39, 0.29) is 18.4 Å². The summed E-state index contributed by atoms with van der Waals surface area (Å²) in [4.78, 5) is 0. The van der Waals surface area contributed by atoms with E-state index in [0.717, 1.165) is 12.8 Å². The van der Waals surface area contributed by atoms with Crippen LogP contribution in [0.3, 0.4) is 0 Å². The number of aliphatic hydroxyl groups is 2. The molecule has 0 radical (unpaired) electrons. The van der Waals surface area contributed by atoms with E-state index in [9.17, 15) is 10.2 Å². The Kier molecular flexibility index (Phi) is 8.78. The highest BCUT2D eigenvalue weighted by molar-refractivity contribution is 6.30. The van der Waals surface area contributed by atoms with Crippen LogP contribution in [0.5, 0.6) is 5.75 Å². The van der Waals surface area contributed by atoms with Crippen LogP contribution in [-0.2, 0) is 9.47 Å². The second kappa shape index (κ2) is 11.3. The van der Waals surface area contributed by atoms with Gasteiger partial charge in [-0.05, 0) is 43.0 Å². The minimum absolute atomic E-state index is 0.0265. The van der Waals surface area contributed by atoms with Gasteiger partial charge in [-0.3, -0.25) is 0 Å². The van der Waals surface area contributed by atoms with Gasteiger partial charge in [0.2, 0.25) is 5.79 Å². The zero-order valence-electron chi connectivity index (χ0n) is 17.6. The largest absolute Gasteiger partial charge is 0.488 e. The van der Waals surface area contributed by atoms with E-state index in [1.54, 1.807) is 12.1 Å². The first-order valence-corrected chi connectivity index (χ1v) is 11.3. The molecule has 2 fully saturated rings. The smallest absolute Gasteiger partial charge is 0.223 e. The number of unbranched alkanes of at least 4 members (excludes halogenated alkanes) is 2. The summed E-state index contributed by atoms with van der Waals surface area (Å²) in [5.41, 5.74) is 0. The maximum Gasteiger partial charge on any atom is 0.223 e.